The Labute approximate surface area is 616 Å². The molecule has 6 nitrogen and oxygen atoms in total. The van der Waals surface area contributed by atoms with Crippen molar-refractivity contribution < 1.29 is 28.4 Å². The average molecular weight is 1500 g/mol. The SMILES string of the molecule is CCCCCOc1ccsc1-c1ccc(-c2ccc(-c3sc(-c4cc(OCCCCC)c(-c5ccc(-c6ccc(-c7sc(-c8cc(OCCCCC)c(-c9ccc(-c%10ccc(-c%11sccc%11OCCCCC)s%10)s9)s8)cc7OCCCCC)s6)s5)s4)cc3OCCCCC)s2)s1. The summed E-state index contributed by atoms with van der Waals surface area (Å²) in [6.45, 7) is 17.8. The molecule has 0 unspecified atom stereocenters. The smallest absolute Gasteiger partial charge is 0.139 e. The Kier molecular flexibility index (Phi) is 26.6. The molecule has 12 aromatic rings. The summed E-state index contributed by atoms with van der Waals surface area (Å²) in [6, 6.07) is 40.9. The van der Waals surface area contributed by atoms with E-state index in [1.807, 2.05) is 113 Å². The first kappa shape index (κ1) is 71.0. The Balaban J connectivity index is 0.806. The molecule has 0 atom stereocenters. The zero-order valence-electron chi connectivity index (χ0n) is 55.9. The fourth-order valence-corrected chi connectivity index (χ4v) is 24.3. The maximum atomic E-state index is 6.78. The minimum atomic E-state index is 0.692. The summed E-state index contributed by atoms with van der Waals surface area (Å²) < 4.78 is 39.6. The molecule has 0 aromatic carbocycles. The van der Waals surface area contributed by atoms with Gasteiger partial charge in [-0.05, 0) is 134 Å². The van der Waals surface area contributed by atoms with E-state index < -0.39 is 0 Å². The van der Waals surface area contributed by atoms with Gasteiger partial charge in [-0.3, -0.25) is 0 Å². The molecule has 12 rings (SSSR count). The lowest BCUT2D eigenvalue weighted by Gasteiger charge is -2.05. The molecule has 12 heterocycles. The summed E-state index contributed by atoms with van der Waals surface area (Å²) in [7, 11) is 0. The van der Waals surface area contributed by atoms with Crippen LogP contribution in [0.4, 0.5) is 0 Å². The second-order valence-corrected chi connectivity index (χ2v) is 36.3. The van der Waals surface area contributed by atoms with Crippen LogP contribution in [0.3, 0.4) is 0 Å². The molecule has 0 fully saturated rings. The van der Waals surface area contributed by atoms with Crippen LogP contribution in [0.25, 0.3) is 107 Å². The largest absolute Gasteiger partial charge is 0.492 e. The van der Waals surface area contributed by atoms with Crippen LogP contribution in [0.1, 0.15) is 157 Å². The minimum absolute atomic E-state index is 0.692. The van der Waals surface area contributed by atoms with Gasteiger partial charge in [-0.25, -0.2) is 0 Å². The van der Waals surface area contributed by atoms with Crippen LogP contribution in [-0.2, 0) is 0 Å². The number of rotatable bonds is 41. The van der Waals surface area contributed by atoms with Crippen molar-refractivity contribution in [2.24, 2.45) is 0 Å². The van der Waals surface area contributed by atoms with Crippen molar-refractivity contribution in [3.8, 4) is 142 Å². The van der Waals surface area contributed by atoms with Gasteiger partial charge in [0.05, 0.1) is 68.9 Å². The van der Waals surface area contributed by atoms with Gasteiger partial charge in [0.15, 0.2) is 0 Å². The van der Waals surface area contributed by atoms with Gasteiger partial charge < -0.3 is 28.4 Å². The Morgan fingerprint density at radius 3 is 0.615 bits per heavy atom. The molecule has 0 N–H and O–H groups in total. The van der Waals surface area contributed by atoms with Crippen LogP contribution < -0.4 is 28.4 Å². The summed E-state index contributed by atoms with van der Waals surface area (Å²) in [6.07, 6.45) is 20.2. The number of hydrogen-bond acceptors (Lipinski definition) is 18. The number of ether oxygens (including phenoxy) is 6. The highest BCUT2D eigenvalue weighted by molar-refractivity contribution is 7.33. The predicted octanol–water partition coefficient (Wildman–Crippen LogP) is 30.2. The van der Waals surface area contributed by atoms with Gasteiger partial charge >= 0.3 is 0 Å². The average Bonchev–Trinajstić information content (AvgIpc) is 1.64. The van der Waals surface area contributed by atoms with E-state index in [1.54, 1.807) is 22.7 Å². The molecule has 12 aromatic heterocycles. The summed E-state index contributed by atoms with van der Waals surface area (Å²) >= 11 is 22.0. The first-order chi connectivity index (χ1) is 47.3. The van der Waals surface area contributed by atoms with Crippen LogP contribution in [0.2, 0.25) is 0 Å². The normalized spacial score (nSPS) is 11.6. The molecule has 0 radical (unpaired) electrons. The Morgan fingerprint density at radius 1 is 0.198 bits per heavy atom. The Hall–Kier alpha value is -4.80. The minimum Gasteiger partial charge on any atom is -0.492 e. The second kappa shape index (κ2) is 36.0. The molecule has 0 bridgehead atoms. The van der Waals surface area contributed by atoms with Crippen LogP contribution in [0.5, 0.6) is 34.5 Å². The quantitative estimate of drug-likeness (QED) is 0.0356. The zero-order chi connectivity index (χ0) is 66.0. The van der Waals surface area contributed by atoms with Crippen molar-refractivity contribution in [2.75, 3.05) is 39.6 Å². The fraction of sp³-hybridized carbons (Fsp3) is 0.385. The third kappa shape index (κ3) is 17.8. The van der Waals surface area contributed by atoms with Crippen molar-refractivity contribution in [3.05, 3.63) is 120 Å². The van der Waals surface area contributed by atoms with Crippen LogP contribution in [0, 0.1) is 0 Å². The topological polar surface area (TPSA) is 55.4 Å². The molecule has 0 saturated heterocycles. The van der Waals surface area contributed by atoms with Crippen LogP contribution in [-0.4, -0.2) is 39.6 Å². The molecule has 0 aliphatic heterocycles. The van der Waals surface area contributed by atoms with Crippen molar-refractivity contribution >= 4 is 136 Å². The lowest BCUT2D eigenvalue weighted by molar-refractivity contribution is 0.308. The van der Waals surface area contributed by atoms with Gasteiger partial charge in [-0.2, -0.15) is 0 Å². The summed E-state index contributed by atoms with van der Waals surface area (Å²) in [5.74, 6) is 5.86. The highest BCUT2D eigenvalue weighted by Crippen LogP contribution is 2.56. The summed E-state index contributed by atoms with van der Waals surface area (Å²) in [4.78, 5) is 27.0. The van der Waals surface area contributed by atoms with E-state index in [0.29, 0.717) is 26.4 Å². The molecule has 0 spiro atoms. The fourth-order valence-electron chi connectivity index (χ4n) is 11.0. The first-order valence-electron chi connectivity index (χ1n) is 34.4. The molecule has 506 valence electrons. The highest BCUT2D eigenvalue weighted by Gasteiger charge is 2.26. The zero-order valence-corrected chi connectivity index (χ0v) is 65.7. The number of hydrogen-bond donors (Lipinski definition) is 0. The lowest BCUT2D eigenvalue weighted by atomic mass is 10.2. The van der Waals surface area contributed by atoms with Gasteiger partial charge in [0, 0.05) is 102 Å². The summed E-state index contributed by atoms with van der Waals surface area (Å²) in [5, 5.41) is 4.30. The predicted molar refractivity (Wildman–Crippen MR) is 431 cm³/mol. The molecule has 96 heavy (non-hydrogen) atoms. The number of unbranched alkanes of at least 4 members (excludes halogenated alkanes) is 12. The number of thiophene rings is 12. The highest BCUT2D eigenvalue weighted by atomic mass is 32.1. The van der Waals surface area contributed by atoms with E-state index in [0.717, 1.165) is 138 Å². The van der Waals surface area contributed by atoms with Crippen LogP contribution in [0.15, 0.2) is 120 Å². The Bertz CT molecular complexity index is 4030. The molecular weight excluding hydrogens is 1420 g/mol. The van der Waals surface area contributed by atoms with Gasteiger partial charge in [-0.1, -0.05) is 119 Å². The molecule has 0 amide bonds. The van der Waals surface area contributed by atoms with Crippen molar-refractivity contribution in [1.82, 2.24) is 0 Å². The van der Waals surface area contributed by atoms with Gasteiger partial charge in [-0.15, -0.1) is 136 Å². The first-order valence-corrected chi connectivity index (χ1v) is 44.4. The van der Waals surface area contributed by atoms with E-state index in [1.165, 1.54) is 133 Å². The van der Waals surface area contributed by atoms with Gasteiger partial charge in [0.25, 0.3) is 0 Å². The van der Waals surface area contributed by atoms with E-state index in [9.17, 15) is 0 Å². The Morgan fingerprint density at radius 2 is 0.396 bits per heavy atom. The van der Waals surface area contributed by atoms with E-state index in [-0.39, 0.29) is 0 Å². The monoisotopic (exact) mass is 1500 g/mol. The van der Waals surface area contributed by atoms with E-state index in [2.05, 4.69) is 161 Å². The van der Waals surface area contributed by atoms with E-state index >= 15 is 0 Å². The van der Waals surface area contributed by atoms with Crippen molar-refractivity contribution in [1.29, 1.82) is 0 Å². The third-order valence-electron chi connectivity index (χ3n) is 16.3. The standard InChI is InChI=1S/C78H86O6S12/c1-7-13-19-39-79-51-37-45-85-73(51)63-31-25-57(87-63)59-27-33-65(89-59)75-53(81-41-21-15-9-3)47-69(93-75)71-49-55(83-43-23-17-11-5)77(95-71)67-35-29-61(91-67)62-30-36-68(92-62)78-56(84-44-24-18-12-6)50-72(96-78)70-48-54(82-42-22-16-10-4)76(94-70)66-34-28-60(90-66)58-26-32-64(88-58)74-52(38-46-86-74)80-40-20-14-8-2/h25-38,45-50H,7-24,39-44H2,1-6H3. The van der Waals surface area contributed by atoms with Crippen molar-refractivity contribution in [2.45, 2.75) is 157 Å². The molecule has 0 aliphatic rings. The van der Waals surface area contributed by atoms with E-state index in [4.69, 9.17) is 28.4 Å². The lowest BCUT2D eigenvalue weighted by Crippen LogP contribution is -1.96. The molecule has 18 heteroatoms. The molecule has 0 saturated carbocycles. The molecule has 0 aliphatic carbocycles. The van der Waals surface area contributed by atoms with Gasteiger partial charge in [0.1, 0.15) is 34.5 Å². The maximum absolute atomic E-state index is 6.78. The van der Waals surface area contributed by atoms with Gasteiger partial charge in [0.2, 0.25) is 0 Å². The molecular formula is C78H86O6S12. The maximum Gasteiger partial charge on any atom is 0.139 e. The summed E-state index contributed by atoms with van der Waals surface area (Å²) in [5.41, 5.74) is 0. The van der Waals surface area contributed by atoms with Crippen LogP contribution >= 0.6 is 136 Å². The third-order valence-corrected chi connectivity index (χ3v) is 31.1. The van der Waals surface area contributed by atoms with Crippen molar-refractivity contribution in [3.63, 3.8) is 0 Å². The second-order valence-electron chi connectivity index (χ2n) is 23.8.